The molecule has 2 heterocycles. The lowest BCUT2D eigenvalue weighted by Gasteiger charge is -2.31. The van der Waals surface area contributed by atoms with Crippen LogP contribution in [0.5, 0.6) is 0 Å². The number of para-hydroxylation sites is 1. The molecule has 2 aromatic rings. The molecule has 0 radical (unpaired) electrons. The summed E-state index contributed by atoms with van der Waals surface area (Å²) in [6.07, 6.45) is 6.00. The highest BCUT2D eigenvalue weighted by atomic mass is 16.5. The molecule has 4 rings (SSSR count). The van der Waals surface area contributed by atoms with Gasteiger partial charge in [-0.3, -0.25) is 9.48 Å². The summed E-state index contributed by atoms with van der Waals surface area (Å²) >= 11 is 0. The van der Waals surface area contributed by atoms with E-state index in [1.807, 2.05) is 48.6 Å². The lowest BCUT2D eigenvalue weighted by atomic mass is 10.1. The number of carbonyl (C=O) groups excluding carboxylic acids is 1. The van der Waals surface area contributed by atoms with E-state index >= 15 is 0 Å². The molecular formula is C19H24N4O2. The molecule has 1 aliphatic heterocycles. The zero-order chi connectivity index (χ0) is 17.2. The third kappa shape index (κ3) is 3.54. The first-order valence-corrected chi connectivity index (χ1v) is 8.92. The Bertz CT molecular complexity index is 747. The second kappa shape index (κ2) is 6.88. The van der Waals surface area contributed by atoms with Gasteiger partial charge in [-0.1, -0.05) is 12.1 Å². The van der Waals surface area contributed by atoms with Crippen LogP contribution in [0.25, 0.3) is 0 Å². The van der Waals surface area contributed by atoms with Crippen LogP contribution >= 0.6 is 0 Å². The van der Waals surface area contributed by atoms with Crippen LogP contribution in [-0.2, 0) is 18.3 Å². The Morgan fingerprint density at radius 1 is 1.28 bits per heavy atom. The van der Waals surface area contributed by atoms with Gasteiger partial charge >= 0.3 is 0 Å². The summed E-state index contributed by atoms with van der Waals surface area (Å²) in [6.45, 7) is 3.70. The second-order valence-electron chi connectivity index (χ2n) is 6.80. The van der Waals surface area contributed by atoms with Crippen molar-refractivity contribution in [3.8, 4) is 0 Å². The minimum atomic E-state index is 0.119. The smallest absolute Gasteiger partial charge is 0.256 e. The molecule has 25 heavy (non-hydrogen) atoms. The minimum absolute atomic E-state index is 0.119. The van der Waals surface area contributed by atoms with E-state index in [0.29, 0.717) is 25.8 Å². The van der Waals surface area contributed by atoms with E-state index in [1.165, 1.54) is 0 Å². The van der Waals surface area contributed by atoms with Crippen molar-refractivity contribution in [3.63, 3.8) is 0 Å². The molecule has 2 fully saturated rings. The maximum atomic E-state index is 13.3. The molecule has 1 aromatic heterocycles. The van der Waals surface area contributed by atoms with Gasteiger partial charge in [0.2, 0.25) is 0 Å². The van der Waals surface area contributed by atoms with Gasteiger partial charge in [0, 0.05) is 50.2 Å². The molecule has 6 nitrogen and oxygen atoms in total. The molecule has 1 amide bonds. The largest absolute Gasteiger partial charge is 0.378 e. The molecule has 0 spiro atoms. The van der Waals surface area contributed by atoms with Crippen LogP contribution in [0.15, 0.2) is 36.7 Å². The Balaban J connectivity index is 1.59. The topological polar surface area (TPSA) is 50.6 Å². The molecule has 0 bridgehead atoms. The highest BCUT2D eigenvalue weighted by Crippen LogP contribution is 2.32. The van der Waals surface area contributed by atoms with Crippen molar-refractivity contribution in [1.82, 2.24) is 14.7 Å². The Kier molecular flexibility index (Phi) is 4.44. The zero-order valence-electron chi connectivity index (χ0n) is 14.6. The van der Waals surface area contributed by atoms with Crippen LogP contribution in [0.3, 0.4) is 0 Å². The number of aryl methyl sites for hydroxylation is 1. The average Bonchev–Trinajstić information content (AvgIpc) is 3.42. The quantitative estimate of drug-likeness (QED) is 0.836. The van der Waals surface area contributed by atoms with Crippen LogP contribution in [0.1, 0.15) is 28.8 Å². The maximum absolute atomic E-state index is 13.3. The van der Waals surface area contributed by atoms with Crippen molar-refractivity contribution >= 4 is 11.6 Å². The lowest BCUT2D eigenvalue weighted by molar-refractivity contribution is 0.0729. The number of carbonyl (C=O) groups is 1. The van der Waals surface area contributed by atoms with Gasteiger partial charge in [0.05, 0.1) is 25.0 Å². The van der Waals surface area contributed by atoms with Gasteiger partial charge in [0.1, 0.15) is 0 Å². The van der Waals surface area contributed by atoms with Crippen LogP contribution in [-0.4, -0.2) is 52.9 Å². The van der Waals surface area contributed by atoms with Crippen molar-refractivity contribution in [1.29, 1.82) is 0 Å². The Morgan fingerprint density at radius 2 is 2.04 bits per heavy atom. The van der Waals surface area contributed by atoms with E-state index in [0.717, 1.165) is 42.7 Å². The van der Waals surface area contributed by atoms with Gasteiger partial charge in [-0.05, 0) is 25.0 Å². The van der Waals surface area contributed by atoms with E-state index in [1.54, 1.807) is 4.68 Å². The maximum Gasteiger partial charge on any atom is 0.256 e. The Hall–Kier alpha value is -2.34. The second-order valence-corrected chi connectivity index (χ2v) is 6.80. The molecule has 132 valence electrons. The summed E-state index contributed by atoms with van der Waals surface area (Å²) < 4.78 is 7.24. The molecule has 1 saturated carbocycles. The monoisotopic (exact) mass is 340 g/mol. The average molecular weight is 340 g/mol. The molecular weight excluding hydrogens is 316 g/mol. The lowest BCUT2D eigenvalue weighted by Crippen LogP contribution is -2.39. The number of amides is 1. The number of aromatic nitrogens is 2. The number of rotatable bonds is 5. The predicted octanol–water partition coefficient (Wildman–Crippen LogP) is 2.06. The van der Waals surface area contributed by atoms with Crippen molar-refractivity contribution in [2.75, 3.05) is 31.2 Å². The fourth-order valence-corrected chi connectivity index (χ4v) is 3.39. The number of hydrogen-bond donors (Lipinski definition) is 0. The summed E-state index contributed by atoms with van der Waals surface area (Å²) in [7, 11) is 1.90. The summed E-state index contributed by atoms with van der Waals surface area (Å²) in [5.74, 6) is 0.119. The fourth-order valence-electron chi connectivity index (χ4n) is 3.39. The molecule has 1 saturated heterocycles. The van der Waals surface area contributed by atoms with Crippen LogP contribution in [0, 0.1) is 0 Å². The van der Waals surface area contributed by atoms with Crippen molar-refractivity contribution < 1.29 is 9.53 Å². The van der Waals surface area contributed by atoms with E-state index in [-0.39, 0.29) is 5.91 Å². The fraction of sp³-hybridized carbons (Fsp3) is 0.474. The normalized spacial score (nSPS) is 17.6. The third-order valence-corrected chi connectivity index (χ3v) is 4.85. The van der Waals surface area contributed by atoms with Gasteiger partial charge < -0.3 is 14.5 Å². The number of morpholine rings is 1. The molecule has 0 atom stereocenters. The standard InChI is InChI=1S/C19H24N4O2/c1-21-13-15(12-20-21)14-23(16-6-7-16)19(24)17-4-2-3-5-18(17)22-8-10-25-11-9-22/h2-5,12-13,16H,6-11,14H2,1H3. The van der Waals surface area contributed by atoms with E-state index < -0.39 is 0 Å². The molecule has 1 aliphatic carbocycles. The Labute approximate surface area is 148 Å². The van der Waals surface area contributed by atoms with Crippen molar-refractivity contribution in [2.45, 2.75) is 25.4 Å². The number of hydrogen-bond acceptors (Lipinski definition) is 4. The highest BCUT2D eigenvalue weighted by molar-refractivity contribution is 6.00. The van der Waals surface area contributed by atoms with Crippen LogP contribution in [0.2, 0.25) is 0 Å². The summed E-state index contributed by atoms with van der Waals surface area (Å²) in [4.78, 5) is 17.6. The summed E-state index contributed by atoms with van der Waals surface area (Å²) in [6, 6.07) is 8.31. The van der Waals surface area contributed by atoms with Gasteiger partial charge in [0.15, 0.2) is 0 Å². The van der Waals surface area contributed by atoms with E-state index in [2.05, 4.69) is 10.00 Å². The van der Waals surface area contributed by atoms with Crippen LogP contribution in [0.4, 0.5) is 5.69 Å². The number of ether oxygens (including phenoxy) is 1. The van der Waals surface area contributed by atoms with Crippen LogP contribution < -0.4 is 4.90 Å². The number of nitrogens with zero attached hydrogens (tertiary/aromatic N) is 4. The molecule has 0 unspecified atom stereocenters. The third-order valence-electron chi connectivity index (χ3n) is 4.85. The highest BCUT2D eigenvalue weighted by Gasteiger charge is 2.34. The first-order valence-electron chi connectivity index (χ1n) is 8.92. The van der Waals surface area contributed by atoms with Gasteiger partial charge in [-0.2, -0.15) is 5.10 Å². The molecule has 6 heteroatoms. The minimum Gasteiger partial charge on any atom is -0.378 e. The van der Waals surface area contributed by atoms with Gasteiger partial charge in [0.25, 0.3) is 5.91 Å². The summed E-state index contributed by atoms with van der Waals surface area (Å²) in [5, 5.41) is 4.23. The molecule has 2 aliphatic rings. The van der Waals surface area contributed by atoms with Gasteiger partial charge in [-0.15, -0.1) is 0 Å². The first kappa shape index (κ1) is 16.1. The van der Waals surface area contributed by atoms with E-state index in [4.69, 9.17) is 4.74 Å². The van der Waals surface area contributed by atoms with Crippen molar-refractivity contribution in [2.24, 2.45) is 7.05 Å². The van der Waals surface area contributed by atoms with Gasteiger partial charge in [-0.25, -0.2) is 0 Å². The predicted molar refractivity (Wildman–Crippen MR) is 95.6 cm³/mol. The first-order chi connectivity index (χ1) is 12.2. The SMILES string of the molecule is Cn1cc(CN(C(=O)c2ccccc2N2CCOCC2)C2CC2)cn1. The van der Waals surface area contributed by atoms with Crippen molar-refractivity contribution in [3.05, 3.63) is 47.8 Å². The van der Waals surface area contributed by atoms with E-state index in [9.17, 15) is 4.79 Å². The number of anilines is 1. The Morgan fingerprint density at radius 3 is 2.72 bits per heavy atom. The molecule has 1 aromatic carbocycles. The summed E-state index contributed by atoms with van der Waals surface area (Å²) in [5.41, 5.74) is 2.89. The molecule has 0 N–H and O–H groups in total. The zero-order valence-corrected chi connectivity index (χ0v) is 14.6. The number of benzene rings is 1.